The Morgan fingerprint density at radius 3 is 2.34 bits per heavy atom. The largest absolute Gasteiger partial charge is 0.465 e. The summed E-state index contributed by atoms with van der Waals surface area (Å²) in [5.41, 5.74) is -0.340. The van der Waals surface area contributed by atoms with E-state index < -0.39 is 23.7 Å². The van der Waals surface area contributed by atoms with Crippen LogP contribution in [-0.2, 0) is 31.3 Å². The van der Waals surface area contributed by atoms with Crippen LogP contribution in [0.5, 0.6) is 0 Å². The third-order valence-electron chi connectivity index (χ3n) is 4.63. The first kappa shape index (κ1) is 23.9. The predicted molar refractivity (Wildman–Crippen MR) is 110 cm³/mol. The van der Waals surface area contributed by atoms with Crippen LogP contribution in [0.3, 0.4) is 0 Å². The summed E-state index contributed by atoms with van der Waals surface area (Å²) in [5.74, 6) is -1.29. The Morgan fingerprint density at radius 2 is 1.78 bits per heavy atom. The molecule has 0 fully saturated rings. The molecule has 1 aliphatic rings. The predicted octanol–water partition coefficient (Wildman–Crippen LogP) is 5.18. The zero-order valence-corrected chi connectivity index (χ0v) is 18.2. The van der Waals surface area contributed by atoms with Gasteiger partial charge in [-0.25, -0.2) is 4.79 Å². The van der Waals surface area contributed by atoms with Crippen LogP contribution in [0.2, 0.25) is 10.0 Å². The molecule has 1 aliphatic heterocycles. The van der Waals surface area contributed by atoms with Crippen molar-refractivity contribution in [1.29, 1.82) is 0 Å². The number of halogens is 5. The molecule has 2 aromatic rings. The van der Waals surface area contributed by atoms with Crippen molar-refractivity contribution in [2.75, 3.05) is 7.11 Å². The van der Waals surface area contributed by atoms with E-state index in [1.807, 2.05) is 0 Å². The molecule has 0 radical (unpaired) electrons. The Morgan fingerprint density at radius 1 is 1.12 bits per heavy atom. The summed E-state index contributed by atoms with van der Waals surface area (Å²) in [7, 11) is 1.18. The summed E-state index contributed by atoms with van der Waals surface area (Å²) in [6, 6.07) is 7.67. The van der Waals surface area contributed by atoms with Gasteiger partial charge < -0.3 is 9.47 Å². The lowest BCUT2D eigenvalue weighted by molar-refractivity contribution is -0.269. The Bertz CT molecular complexity index is 1080. The van der Waals surface area contributed by atoms with Gasteiger partial charge >= 0.3 is 18.1 Å². The lowest BCUT2D eigenvalue weighted by Gasteiger charge is -2.28. The number of carbonyl (C=O) groups is 2. The van der Waals surface area contributed by atoms with Gasteiger partial charge in [0.15, 0.2) is 0 Å². The normalized spacial score (nSPS) is 18.0. The summed E-state index contributed by atoms with van der Waals surface area (Å²) in [5, 5.41) is 0.0142. The maximum absolute atomic E-state index is 14.1. The van der Waals surface area contributed by atoms with Crippen LogP contribution >= 0.6 is 23.2 Å². The van der Waals surface area contributed by atoms with Crippen LogP contribution in [0.25, 0.3) is 5.70 Å². The average molecular weight is 490 g/mol. The molecule has 1 atom stereocenters. The molecular weight excluding hydrogens is 474 g/mol. The fourth-order valence-electron chi connectivity index (χ4n) is 3.12. The van der Waals surface area contributed by atoms with Gasteiger partial charge in [-0.1, -0.05) is 29.3 Å². The molecule has 6 nitrogen and oxygen atoms in total. The minimum Gasteiger partial charge on any atom is -0.465 e. The van der Waals surface area contributed by atoms with Gasteiger partial charge in [-0.05, 0) is 36.4 Å². The van der Waals surface area contributed by atoms with E-state index in [4.69, 9.17) is 37.5 Å². The number of rotatable bonds is 5. The smallest absolute Gasteiger partial charge is 0.428 e. The van der Waals surface area contributed by atoms with Gasteiger partial charge in [0.25, 0.3) is 0 Å². The van der Waals surface area contributed by atoms with Gasteiger partial charge in [0.1, 0.15) is 6.61 Å². The van der Waals surface area contributed by atoms with Crippen molar-refractivity contribution in [1.82, 2.24) is 5.48 Å². The quantitative estimate of drug-likeness (QED) is 0.583. The lowest BCUT2D eigenvalue weighted by atomic mass is 9.91. The Labute approximate surface area is 190 Å². The summed E-state index contributed by atoms with van der Waals surface area (Å²) < 4.78 is 52.1. The van der Waals surface area contributed by atoms with E-state index in [1.54, 1.807) is 0 Å². The molecule has 0 aromatic heterocycles. The van der Waals surface area contributed by atoms with Crippen molar-refractivity contribution in [2.24, 2.45) is 0 Å². The van der Waals surface area contributed by atoms with E-state index in [1.165, 1.54) is 38.3 Å². The SMILES string of the molecule is COC(=O)c1ccc(C2=CC(c3cc(Cl)cc(Cl)c3)(C(F)(F)F)ON2)cc1COC(C)=O. The molecule has 3 rings (SSSR count). The van der Waals surface area contributed by atoms with E-state index in [0.29, 0.717) is 0 Å². The number of nitrogens with one attached hydrogen (secondary N) is 1. The summed E-state index contributed by atoms with van der Waals surface area (Å²) in [6.45, 7) is 0.903. The highest BCUT2D eigenvalue weighted by molar-refractivity contribution is 6.34. The fourth-order valence-corrected chi connectivity index (χ4v) is 3.65. The first-order valence-electron chi connectivity index (χ1n) is 9.02. The third-order valence-corrected chi connectivity index (χ3v) is 5.07. The standard InChI is InChI=1S/C21H16Cl2F3NO5/c1-11(28)31-10-13-5-12(3-4-17(13)19(29)30-2)18-9-20(32-27-18,21(24,25)26)14-6-15(22)8-16(23)7-14/h3-9,27H,10H2,1-2H3. The molecule has 170 valence electrons. The van der Waals surface area contributed by atoms with Gasteiger partial charge in [0.2, 0.25) is 5.60 Å². The first-order valence-corrected chi connectivity index (χ1v) is 9.77. The van der Waals surface area contributed by atoms with E-state index in [2.05, 4.69) is 5.48 Å². The van der Waals surface area contributed by atoms with Gasteiger partial charge in [-0.3, -0.25) is 15.1 Å². The molecule has 11 heteroatoms. The zero-order chi connectivity index (χ0) is 23.7. The molecule has 1 unspecified atom stereocenters. The number of hydrogen-bond donors (Lipinski definition) is 1. The summed E-state index contributed by atoms with van der Waals surface area (Å²) >= 11 is 11.8. The highest BCUT2D eigenvalue weighted by atomic mass is 35.5. The number of ether oxygens (including phenoxy) is 2. The number of hydroxylamine groups is 1. The molecule has 0 saturated carbocycles. The van der Waals surface area contributed by atoms with Gasteiger partial charge in [0.05, 0.1) is 18.4 Å². The minimum atomic E-state index is -4.87. The monoisotopic (exact) mass is 489 g/mol. The number of carbonyl (C=O) groups excluding carboxylic acids is 2. The van der Waals surface area contributed by atoms with Crippen molar-refractivity contribution >= 4 is 40.8 Å². The Kier molecular flexibility index (Phi) is 6.73. The minimum absolute atomic E-state index is 0.00711. The molecule has 1 heterocycles. The van der Waals surface area contributed by atoms with Crippen molar-refractivity contribution in [3.8, 4) is 0 Å². The lowest BCUT2D eigenvalue weighted by Crippen LogP contribution is -2.42. The second-order valence-electron chi connectivity index (χ2n) is 6.80. The number of hydrogen-bond acceptors (Lipinski definition) is 6. The molecule has 0 spiro atoms. The topological polar surface area (TPSA) is 73.9 Å². The van der Waals surface area contributed by atoms with Crippen molar-refractivity contribution in [3.05, 3.63) is 74.8 Å². The van der Waals surface area contributed by atoms with E-state index >= 15 is 0 Å². The Hall–Kier alpha value is -2.75. The molecule has 0 aliphatic carbocycles. The summed E-state index contributed by atoms with van der Waals surface area (Å²) in [4.78, 5) is 28.2. The van der Waals surface area contributed by atoms with Crippen LogP contribution in [0.1, 0.15) is 34.0 Å². The summed E-state index contributed by atoms with van der Waals surface area (Å²) in [6.07, 6.45) is -4.03. The fraction of sp³-hybridized carbons (Fsp3) is 0.238. The van der Waals surface area contributed by atoms with E-state index in [-0.39, 0.29) is 44.6 Å². The third kappa shape index (κ3) is 4.69. The molecule has 0 saturated heterocycles. The van der Waals surface area contributed by atoms with Crippen LogP contribution < -0.4 is 5.48 Å². The van der Waals surface area contributed by atoms with Gasteiger partial charge in [0, 0.05) is 33.7 Å². The second-order valence-corrected chi connectivity index (χ2v) is 7.67. The zero-order valence-electron chi connectivity index (χ0n) is 16.7. The van der Waals surface area contributed by atoms with Crippen LogP contribution in [0.4, 0.5) is 13.2 Å². The van der Waals surface area contributed by atoms with Crippen LogP contribution in [0.15, 0.2) is 42.5 Å². The van der Waals surface area contributed by atoms with Crippen molar-refractivity contribution < 1.29 is 37.1 Å². The van der Waals surface area contributed by atoms with Crippen molar-refractivity contribution in [3.63, 3.8) is 0 Å². The molecular formula is C21H16Cl2F3NO5. The maximum atomic E-state index is 14.1. The first-order chi connectivity index (χ1) is 15.0. The average Bonchev–Trinajstić information content (AvgIpc) is 3.18. The molecule has 0 amide bonds. The van der Waals surface area contributed by atoms with Crippen molar-refractivity contribution in [2.45, 2.75) is 25.3 Å². The second kappa shape index (κ2) is 9.01. The Balaban J connectivity index is 2.10. The highest BCUT2D eigenvalue weighted by Gasteiger charge is 2.59. The van der Waals surface area contributed by atoms with Crippen LogP contribution in [-0.4, -0.2) is 25.2 Å². The molecule has 32 heavy (non-hydrogen) atoms. The maximum Gasteiger partial charge on any atom is 0.428 e. The van der Waals surface area contributed by atoms with Gasteiger partial charge in [-0.2, -0.15) is 13.2 Å². The molecule has 0 bridgehead atoms. The molecule has 2 aromatic carbocycles. The van der Waals surface area contributed by atoms with Crippen LogP contribution in [0, 0.1) is 0 Å². The highest BCUT2D eigenvalue weighted by Crippen LogP contribution is 2.48. The van der Waals surface area contributed by atoms with Gasteiger partial charge in [-0.15, -0.1) is 0 Å². The number of benzene rings is 2. The number of methoxy groups -OCH3 is 1. The van der Waals surface area contributed by atoms with E-state index in [0.717, 1.165) is 18.2 Å². The van der Waals surface area contributed by atoms with E-state index in [9.17, 15) is 22.8 Å². The molecule has 1 N–H and O–H groups in total. The number of alkyl halides is 3. The number of esters is 2.